The molecule has 1 aliphatic carbocycles. The number of nitrogens with one attached hydrogen (secondary N) is 2. The topological polar surface area (TPSA) is 151 Å². The second-order valence-electron chi connectivity index (χ2n) is 14.5. The van der Waals surface area contributed by atoms with Crippen LogP contribution in [0.2, 0.25) is 5.02 Å². The summed E-state index contributed by atoms with van der Waals surface area (Å²) in [7, 11) is 0. The summed E-state index contributed by atoms with van der Waals surface area (Å²) in [6.45, 7) is 1.93. The van der Waals surface area contributed by atoms with Crippen molar-refractivity contribution in [2.45, 2.75) is 69.9 Å². The van der Waals surface area contributed by atoms with E-state index in [1.54, 1.807) is 48.5 Å². The largest absolute Gasteiger partial charge is 0.465 e. The van der Waals surface area contributed by atoms with Crippen LogP contribution in [0.1, 0.15) is 63.8 Å². The van der Waals surface area contributed by atoms with Gasteiger partial charge in [-0.15, -0.1) is 0 Å². The number of alkyl halides is 5. The van der Waals surface area contributed by atoms with E-state index in [1.165, 1.54) is 24.5 Å². The van der Waals surface area contributed by atoms with E-state index in [4.69, 9.17) is 21.3 Å². The second kappa shape index (κ2) is 14.6. The first-order valence-electron chi connectivity index (χ1n) is 16.9. The molecule has 3 N–H and O–H groups in total. The van der Waals surface area contributed by atoms with Gasteiger partial charge in [0.25, 0.3) is 5.91 Å². The molecule has 18 heteroatoms. The van der Waals surface area contributed by atoms with E-state index in [-0.39, 0.29) is 29.8 Å². The molecular formula is C37H35ClF5N7O5. The fourth-order valence-electron chi connectivity index (χ4n) is 6.53. The fraction of sp³-hybridized carbons (Fsp3) is 0.351. The van der Waals surface area contributed by atoms with Gasteiger partial charge in [-0.1, -0.05) is 68.8 Å². The molecular weight excluding hydrogens is 753 g/mol. The van der Waals surface area contributed by atoms with Crippen molar-refractivity contribution in [1.29, 1.82) is 0 Å². The van der Waals surface area contributed by atoms with Crippen LogP contribution in [0.4, 0.5) is 31.5 Å². The number of alkyl carbamates (subject to hydrolysis) is 1. The number of carbonyl (C=O) groups excluding carboxylic acids is 2. The maximum Gasteiger partial charge on any atom is 0.411 e. The first-order chi connectivity index (χ1) is 25.8. The molecule has 2 atom stereocenters. The van der Waals surface area contributed by atoms with Crippen LogP contribution in [0.5, 0.6) is 0 Å². The Morgan fingerprint density at radius 2 is 1.75 bits per heavy atom. The fourth-order valence-corrected chi connectivity index (χ4v) is 6.75. The summed E-state index contributed by atoms with van der Waals surface area (Å²) in [5, 5.41) is 18.0. The third kappa shape index (κ3) is 8.11. The molecule has 12 nitrogen and oxygen atoms in total. The van der Waals surface area contributed by atoms with E-state index in [0.29, 0.717) is 32.6 Å². The van der Waals surface area contributed by atoms with Gasteiger partial charge in [0.05, 0.1) is 17.9 Å². The van der Waals surface area contributed by atoms with E-state index in [9.17, 15) is 36.6 Å². The molecule has 0 bridgehead atoms. The zero-order valence-electron chi connectivity index (χ0n) is 29.6. The van der Waals surface area contributed by atoms with Crippen LogP contribution in [-0.4, -0.2) is 67.1 Å². The quantitative estimate of drug-likeness (QED) is 0.137. The first kappa shape index (κ1) is 39.1. The predicted octanol–water partition coefficient (Wildman–Crippen LogP) is 8.32. The third-order valence-electron chi connectivity index (χ3n) is 9.23. The molecule has 2 aromatic heterocycles. The first-order valence-corrected chi connectivity index (χ1v) is 17.3. The van der Waals surface area contributed by atoms with Gasteiger partial charge in [-0.25, -0.2) is 19.3 Å². The normalized spacial score (nSPS) is 18.5. The number of aromatic nitrogens is 3. The number of rotatable bonds is 10. The van der Waals surface area contributed by atoms with Gasteiger partial charge >= 0.3 is 24.9 Å². The lowest BCUT2D eigenvalue weighted by molar-refractivity contribution is -0.164. The van der Waals surface area contributed by atoms with Gasteiger partial charge in [0.15, 0.2) is 5.54 Å². The zero-order chi connectivity index (χ0) is 39.9. The Labute approximate surface area is 316 Å². The number of halogens is 6. The number of hydrogen-bond donors (Lipinski definition) is 3. The Morgan fingerprint density at radius 3 is 2.31 bits per heavy atom. The van der Waals surface area contributed by atoms with Crippen molar-refractivity contribution in [2.24, 2.45) is 10.4 Å². The van der Waals surface area contributed by atoms with Crippen LogP contribution < -0.4 is 10.6 Å². The Morgan fingerprint density at radius 1 is 1.04 bits per heavy atom. The van der Waals surface area contributed by atoms with Crippen molar-refractivity contribution in [3.05, 3.63) is 95.4 Å². The maximum absolute atomic E-state index is 15.1. The monoisotopic (exact) mass is 787 g/mol. The van der Waals surface area contributed by atoms with E-state index < -0.39 is 65.9 Å². The minimum absolute atomic E-state index is 0.0186. The highest BCUT2D eigenvalue weighted by molar-refractivity contribution is 6.33. The molecule has 2 aromatic carbocycles. The molecule has 4 aromatic rings. The molecule has 1 saturated carbocycles. The summed E-state index contributed by atoms with van der Waals surface area (Å²) in [5.41, 5.74) is -2.63. The minimum Gasteiger partial charge on any atom is -0.465 e. The molecule has 6 rings (SSSR count). The molecule has 0 radical (unpaired) electrons. The van der Waals surface area contributed by atoms with Crippen LogP contribution in [0.3, 0.4) is 0 Å². The third-order valence-corrected chi connectivity index (χ3v) is 9.56. The summed E-state index contributed by atoms with van der Waals surface area (Å²) in [6.07, 6.45) is -4.44. The molecule has 0 spiro atoms. The van der Waals surface area contributed by atoms with E-state index >= 15 is 4.79 Å². The summed E-state index contributed by atoms with van der Waals surface area (Å²) < 4.78 is 73.5. The molecule has 3 amide bonds. The molecule has 1 aliphatic heterocycles. The van der Waals surface area contributed by atoms with Crippen molar-refractivity contribution in [2.75, 3.05) is 6.61 Å². The highest BCUT2D eigenvalue weighted by Gasteiger charge is 2.64. The highest BCUT2D eigenvalue weighted by atomic mass is 35.5. The molecule has 290 valence electrons. The summed E-state index contributed by atoms with van der Waals surface area (Å²) in [5.74, 6) is -1.19. The number of carbonyl (C=O) groups is 3. The number of aliphatic imine (C=N–C) groups is 1. The van der Waals surface area contributed by atoms with Crippen LogP contribution >= 0.6 is 11.6 Å². The van der Waals surface area contributed by atoms with Gasteiger partial charge in [-0.2, -0.15) is 27.1 Å². The average molecular weight is 788 g/mol. The van der Waals surface area contributed by atoms with Crippen molar-refractivity contribution in [3.8, 4) is 22.4 Å². The van der Waals surface area contributed by atoms with Gasteiger partial charge in [-0.05, 0) is 65.6 Å². The standard InChI is InChI=1S/C37H35ClF5N7O5/c1-34(2,3)20-36(24-10-7-21(8-11-24)23-17-45-49(18-23)30(39)40)29(51)50(31(47-36)46-32(52)53)28(19-55-33(54)48-35(13-14-35)37(41,42)43)22-9-12-26(38)25(16-22)27-6-4-5-15-44-27/h4-12,15-18,28,30H,13-14,19-20H2,1-3H3,(H,46,47)(H,48,54)(H,52,53)/t28-,36-/m1/s1. The number of hydrogen-bond acceptors (Lipinski definition) is 7. The predicted molar refractivity (Wildman–Crippen MR) is 190 cm³/mol. The SMILES string of the molecule is CC(C)(C)C[C@]1(c2ccc(-c3cnn(C(F)F)c3)cc2)N=C(NC(=O)O)N([C@H](COC(=O)NC2(C(F)(F)F)CC2)c2ccc(Cl)c(-c3ccccn3)c2)C1=O. The number of ether oxygens (including phenoxy) is 1. The Kier molecular flexibility index (Phi) is 10.4. The number of guanidine groups is 1. The van der Waals surface area contributed by atoms with Crippen molar-refractivity contribution >= 4 is 35.7 Å². The Hall–Kier alpha value is -5.58. The van der Waals surface area contributed by atoms with E-state index in [1.807, 2.05) is 26.1 Å². The lowest BCUT2D eigenvalue weighted by Crippen LogP contribution is -2.51. The van der Waals surface area contributed by atoms with Crippen LogP contribution in [-0.2, 0) is 15.1 Å². The lowest BCUT2D eigenvalue weighted by Gasteiger charge is -2.35. The second-order valence-corrected chi connectivity index (χ2v) is 14.9. The van der Waals surface area contributed by atoms with Gasteiger partial charge in [0.2, 0.25) is 5.96 Å². The number of carboxylic acid groups (broad SMARTS) is 1. The molecule has 2 aliphatic rings. The van der Waals surface area contributed by atoms with Gasteiger partial charge in [0, 0.05) is 28.5 Å². The highest BCUT2D eigenvalue weighted by Crippen LogP contribution is 2.49. The summed E-state index contributed by atoms with van der Waals surface area (Å²) in [4.78, 5) is 50.4. The minimum atomic E-state index is -4.74. The molecule has 0 unspecified atom stereocenters. The van der Waals surface area contributed by atoms with Gasteiger partial charge in [-0.3, -0.25) is 20.0 Å². The maximum atomic E-state index is 15.1. The number of benzene rings is 2. The van der Waals surface area contributed by atoms with E-state index in [0.717, 1.165) is 11.1 Å². The number of nitrogens with zero attached hydrogens (tertiary/aromatic N) is 5. The molecule has 1 fully saturated rings. The van der Waals surface area contributed by atoms with Crippen LogP contribution in [0, 0.1) is 5.41 Å². The smallest absolute Gasteiger partial charge is 0.411 e. The van der Waals surface area contributed by atoms with Crippen molar-refractivity contribution < 1.29 is 46.2 Å². The van der Waals surface area contributed by atoms with Gasteiger partial charge < -0.3 is 15.2 Å². The van der Waals surface area contributed by atoms with Crippen LogP contribution in [0.15, 0.2) is 84.2 Å². The summed E-state index contributed by atoms with van der Waals surface area (Å²) in [6, 6.07) is 14.6. The Bertz CT molecular complexity index is 2120. The van der Waals surface area contributed by atoms with Crippen molar-refractivity contribution in [3.63, 3.8) is 0 Å². The lowest BCUT2D eigenvalue weighted by atomic mass is 9.75. The number of amides is 3. The Balaban J connectivity index is 1.45. The average Bonchev–Trinajstić information content (AvgIpc) is 3.65. The van der Waals surface area contributed by atoms with E-state index in [2.05, 4.69) is 15.4 Å². The molecule has 0 saturated heterocycles. The van der Waals surface area contributed by atoms with Crippen molar-refractivity contribution in [1.82, 2.24) is 30.3 Å². The summed E-state index contributed by atoms with van der Waals surface area (Å²) >= 11 is 6.56. The number of pyridine rings is 1. The van der Waals surface area contributed by atoms with Gasteiger partial charge in [0.1, 0.15) is 12.1 Å². The molecule has 3 heterocycles. The zero-order valence-corrected chi connectivity index (χ0v) is 30.3. The van der Waals surface area contributed by atoms with Crippen LogP contribution in [0.25, 0.3) is 22.4 Å². The molecule has 55 heavy (non-hydrogen) atoms.